The summed E-state index contributed by atoms with van der Waals surface area (Å²) >= 11 is 0. The fraction of sp³-hybridized carbons (Fsp3) is 1.00. The minimum absolute atomic E-state index is 0.533. The molecule has 8 saturated carbocycles. The Kier molecular flexibility index (Phi) is 1.16. The molecule has 13 atom stereocenters. The number of fused-ring (bicyclic) bond motifs is 4. The van der Waals surface area contributed by atoms with Gasteiger partial charge in [-0.3, -0.25) is 0 Å². The standard InChI is InChI=1S/C23H32/c1-10-12-9-13-15-14-11(2)17(5)16(3,4)19(7)20(8)18(10,6)21(12,13)23(15,20)22(14,17)19/h10-15H,9H2,1-8H3/t10-,11-,12+,13+,14-,15+,17-,18-,19+,20-,21+,22+,23+/m1/s1. The zero-order chi connectivity index (χ0) is 16.2. The quantitative estimate of drug-likeness (QED) is 0.574. The molecule has 0 aromatic rings. The molecule has 0 amide bonds. The average molecular weight is 309 g/mol. The van der Waals surface area contributed by atoms with Crippen LogP contribution in [0, 0.1) is 78.8 Å². The highest BCUT2D eigenvalue weighted by Crippen LogP contribution is 3.29. The molecule has 0 N–H and O–H groups in total. The lowest BCUT2D eigenvalue weighted by Gasteiger charge is -3.28. The van der Waals surface area contributed by atoms with Crippen molar-refractivity contribution in [3.05, 3.63) is 0 Å². The van der Waals surface area contributed by atoms with Gasteiger partial charge in [0.15, 0.2) is 0 Å². The molecule has 3 spiro atoms. The summed E-state index contributed by atoms with van der Waals surface area (Å²) in [6, 6.07) is 0. The highest BCUT2D eigenvalue weighted by atomic mass is 15.3. The predicted molar refractivity (Wildman–Crippen MR) is 90.4 cm³/mol. The van der Waals surface area contributed by atoms with Gasteiger partial charge < -0.3 is 0 Å². The van der Waals surface area contributed by atoms with Crippen LogP contribution in [0.15, 0.2) is 0 Å². The minimum Gasteiger partial charge on any atom is -0.0617 e. The molecule has 0 unspecified atom stereocenters. The van der Waals surface area contributed by atoms with Gasteiger partial charge in [-0.2, -0.15) is 0 Å². The van der Waals surface area contributed by atoms with E-state index in [0.717, 1.165) is 51.8 Å². The van der Waals surface area contributed by atoms with E-state index in [2.05, 4.69) is 55.4 Å². The molecule has 8 rings (SSSR count). The zero-order valence-corrected chi connectivity index (χ0v) is 16.2. The summed E-state index contributed by atoms with van der Waals surface area (Å²) in [4.78, 5) is 0. The lowest BCUT2D eigenvalue weighted by atomic mass is 8.75. The van der Waals surface area contributed by atoms with Crippen molar-refractivity contribution in [3.8, 4) is 0 Å². The molecule has 8 fully saturated rings. The van der Waals surface area contributed by atoms with Crippen molar-refractivity contribution in [1.29, 1.82) is 0 Å². The zero-order valence-electron chi connectivity index (χ0n) is 16.2. The number of hydrogen-bond donors (Lipinski definition) is 0. The van der Waals surface area contributed by atoms with Crippen molar-refractivity contribution in [2.45, 2.75) is 61.8 Å². The highest BCUT2D eigenvalue weighted by molar-refractivity contribution is 5.72. The molecule has 0 bridgehead atoms. The van der Waals surface area contributed by atoms with Gasteiger partial charge in [-0.1, -0.05) is 55.4 Å². The third-order valence-electron chi connectivity index (χ3n) is 15.6. The maximum Gasteiger partial charge on any atom is -0.00604 e. The highest BCUT2D eigenvalue weighted by Gasteiger charge is 3.26. The topological polar surface area (TPSA) is 0 Å². The van der Waals surface area contributed by atoms with Gasteiger partial charge >= 0.3 is 0 Å². The van der Waals surface area contributed by atoms with Gasteiger partial charge in [-0.25, -0.2) is 0 Å². The maximum absolute atomic E-state index is 2.80. The maximum atomic E-state index is 2.80. The van der Waals surface area contributed by atoms with Crippen molar-refractivity contribution in [2.24, 2.45) is 78.8 Å². The summed E-state index contributed by atoms with van der Waals surface area (Å²) in [6.07, 6.45) is 1.62. The van der Waals surface area contributed by atoms with Crippen molar-refractivity contribution in [2.75, 3.05) is 0 Å². The minimum atomic E-state index is 0.533. The van der Waals surface area contributed by atoms with E-state index in [1.807, 2.05) is 0 Å². The molecule has 0 saturated heterocycles. The molecule has 0 aliphatic heterocycles. The Labute approximate surface area is 141 Å². The first-order valence-corrected chi connectivity index (χ1v) is 10.5. The van der Waals surface area contributed by atoms with Gasteiger partial charge in [0.2, 0.25) is 0 Å². The molecule has 0 heteroatoms. The van der Waals surface area contributed by atoms with E-state index in [1.54, 1.807) is 6.42 Å². The fourth-order valence-electron chi connectivity index (χ4n) is 15.8. The van der Waals surface area contributed by atoms with Gasteiger partial charge in [0.05, 0.1) is 0 Å². The average Bonchev–Trinajstić information content (AvgIpc) is 2.48. The van der Waals surface area contributed by atoms with Crippen LogP contribution in [-0.2, 0) is 0 Å². The van der Waals surface area contributed by atoms with E-state index >= 15 is 0 Å². The first-order valence-electron chi connectivity index (χ1n) is 10.5. The summed E-state index contributed by atoms with van der Waals surface area (Å²) in [7, 11) is 0. The molecular weight excluding hydrogens is 276 g/mol. The second kappa shape index (κ2) is 2.16. The molecule has 8 aliphatic rings. The molecule has 0 aromatic heterocycles. The van der Waals surface area contributed by atoms with Crippen LogP contribution in [0.1, 0.15) is 61.8 Å². The molecular formula is C23H32. The van der Waals surface area contributed by atoms with Gasteiger partial charge in [-0.15, -0.1) is 0 Å². The van der Waals surface area contributed by atoms with Crippen LogP contribution in [0.5, 0.6) is 0 Å². The summed E-state index contributed by atoms with van der Waals surface area (Å²) in [5.41, 5.74) is 5.61. The fourth-order valence-corrected chi connectivity index (χ4v) is 15.8. The van der Waals surface area contributed by atoms with Crippen molar-refractivity contribution < 1.29 is 0 Å². The number of rotatable bonds is 0. The SMILES string of the molecule is C[C@@H]1[C@@H]2C[C@H]3[C@H]4[C@H]5[C@@H](C)[C@]6(C)C(C)(C)[C@@]7(C)[C@@]8(C)[C@]1(C)[C@@]32[C@]48[C@]576. The van der Waals surface area contributed by atoms with E-state index in [9.17, 15) is 0 Å². The summed E-state index contributed by atoms with van der Waals surface area (Å²) in [5.74, 6) is 6.57. The normalized spacial score (nSPS) is 92.9. The molecule has 0 nitrogen and oxygen atoms in total. The molecule has 8 aliphatic carbocycles. The van der Waals surface area contributed by atoms with Gasteiger partial charge in [0.25, 0.3) is 0 Å². The van der Waals surface area contributed by atoms with Crippen LogP contribution >= 0.6 is 0 Å². The van der Waals surface area contributed by atoms with Gasteiger partial charge in [0.1, 0.15) is 0 Å². The van der Waals surface area contributed by atoms with Crippen LogP contribution in [0.4, 0.5) is 0 Å². The number of hydrogen-bond acceptors (Lipinski definition) is 0. The second-order valence-corrected chi connectivity index (χ2v) is 12.8. The Morgan fingerprint density at radius 2 is 1.30 bits per heavy atom. The largest absolute Gasteiger partial charge is 0.0617 e. The molecule has 0 radical (unpaired) electrons. The van der Waals surface area contributed by atoms with Crippen LogP contribution < -0.4 is 0 Å². The van der Waals surface area contributed by atoms with E-state index in [-0.39, 0.29) is 0 Å². The Morgan fingerprint density at radius 3 is 1.96 bits per heavy atom. The van der Waals surface area contributed by atoms with Gasteiger partial charge in [0, 0.05) is 0 Å². The Balaban J connectivity index is 1.49. The van der Waals surface area contributed by atoms with Crippen molar-refractivity contribution >= 4 is 0 Å². The van der Waals surface area contributed by atoms with Crippen LogP contribution in [0.25, 0.3) is 0 Å². The Morgan fingerprint density at radius 1 is 0.652 bits per heavy atom. The third-order valence-corrected chi connectivity index (χ3v) is 15.6. The third kappa shape index (κ3) is 0.413. The van der Waals surface area contributed by atoms with E-state index in [4.69, 9.17) is 0 Å². The summed E-state index contributed by atoms with van der Waals surface area (Å²) in [5, 5.41) is 0. The Hall–Kier alpha value is 0. The van der Waals surface area contributed by atoms with E-state index in [1.165, 1.54) is 0 Å². The first kappa shape index (κ1) is 12.4. The van der Waals surface area contributed by atoms with Crippen molar-refractivity contribution in [1.82, 2.24) is 0 Å². The molecule has 0 heterocycles. The summed E-state index contributed by atoms with van der Waals surface area (Å²) in [6.45, 7) is 21.7. The van der Waals surface area contributed by atoms with Crippen molar-refractivity contribution in [3.63, 3.8) is 0 Å². The van der Waals surface area contributed by atoms with Crippen LogP contribution in [0.3, 0.4) is 0 Å². The molecule has 124 valence electrons. The lowest BCUT2D eigenvalue weighted by molar-refractivity contribution is -0.827. The predicted octanol–water partition coefficient (Wildman–Crippen LogP) is 5.23. The lowest BCUT2D eigenvalue weighted by Crippen LogP contribution is -3.26. The summed E-state index contributed by atoms with van der Waals surface area (Å²) < 4.78 is 0. The van der Waals surface area contributed by atoms with E-state index in [0.29, 0.717) is 27.1 Å². The smallest absolute Gasteiger partial charge is 0.00604 e. The monoisotopic (exact) mass is 308 g/mol. The Bertz CT molecular complexity index is 799. The van der Waals surface area contributed by atoms with Crippen LogP contribution in [-0.4, -0.2) is 0 Å². The van der Waals surface area contributed by atoms with Gasteiger partial charge in [-0.05, 0) is 85.2 Å². The first-order chi connectivity index (χ1) is 10.5. The van der Waals surface area contributed by atoms with Crippen LogP contribution in [0.2, 0.25) is 0 Å². The molecule has 23 heavy (non-hydrogen) atoms. The molecule has 0 aromatic carbocycles. The second-order valence-electron chi connectivity index (χ2n) is 12.8. The van der Waals surface area contributed by atoms with E-state index < -0.39 is 0 Å².